The Morgan fingerprint density at radius 3 is 2.54 bits per heavy atom. The van der Waals surface area contributed by atoms with Crippen molar-refractivity contribution in [2.45, 2.75) is 17.9 Å². The van der Waals surface area contributed by atoms with Gasteiger partial charge in [-0.1, -0.05) is 59.9 Å². The summed E-state index contributed by atoms with van der Waals surface area (Å²) in [6.45, 7) is 1.94. The van der Waals surface area contributed by atoms with Crippen LogP contribution in [0.25, 0.3) is 11.8 Å². The fourth-order valence-corrected chi connectivity index (χ4v) is 5.89. The first-order chi connectivity index (χ1) is 18.9. The molecule has 1 aliphatic rings. The van der Waals surface area contributed by atoms with Crippen LogP contribution in [0.15, 0.2) is 93.1 Å². The van der Waals surface area contributed by atoms with E-state index in [1.165, 1.54) is 24.5 Å². The Kier molecular flexibility index (Phi) is 7.72. The molecule has 1 aliphatic heterocycles. The molecule has 0 unspecified atom stereocenters. The molecule has 0 aliphatic carbocycles. The number of benzene rings is 3. The smallest absolute Gasteiger partial charge is 0.338 e. The van der Waals surface area contributed by atoms with Crippen molar-refractivity contribution < 1.29 is 19.4 Å². The second-order valence-electron chi connectivity index (χ2n) is 8.64. The van der Waals surface area contributed by atoms with Crippen molar-refractivity contribution in [3.05, 3.63) is 115 Å². The van der Waals surface area contributed by atoms with E-state index in [1.54, 1.807) is 41.5 Å². The molecule has 3 aromatic carbocycles. The van der Waals surface area contributed by atoms with Crippen LogP contribution in [0.5, 0.6) is 11.5 Å². The SMILES string of the molecule is CCOC(=O)C1=C(c2ccccc2)N=c2s/c(=C\c3ccc(O)c(OC)c3)c(=O)n2[C@H]1c1ccc(SC)cc1. The maximum Gasteiger partial charge on any atom is 0.338 e. The molecule has 1 aromatic heterocycles. The van der Waals surface area contributed by atoms with E-state index in [0.29, 0.717) is 31.9 Å². The van der Waals surface area contributed by atoms with Crippen LogP contribution in [0.1, 0.15) is 29.7 Å². The molecule has 9 heteroatoms. The monoisotopic (exact) mass is 558 g/mol. The Morgan fingerprint density at radius 1 is 1.13 bits per heavy atom. The number of phenols is 1. The van der Waals surface area contributed by atoms with Crippen molar-refractivity contribution in [1.29, 1.82) is 0 Å². The zero-order valence-corrected chi connectivity index (χ0v) is 23.2. The van der Waals surface area contributed by atoms with Crippen molar-refractivity contribution in [3.63, 3.8) is 0 Å². The van der Waals surface area contributed by atoms with Gasteiger partial charge in [-0.15, -0.1) is 11.8 Å². The number of thiazole rings is 1. The van der Waals surface area contributed by atoms with Gasteiger partial charge in [0.2, 0.25) is 0 Å². The van der Waals surface area contributed by atoms with Crippen LogP contribution in [-0.2, 0) is 9.53 Å². The first-order valence-electron chi connectivity index (χ1n) is 12.2. The average molecular weight is 559 g/mol. The number of carbonyl (C=O) groups excluding carboxylic acids is 1. The summed E-state index contributed by atoms with van der Waals surface area (Å²) in [6.07, 6.45) is 3.73. The lowest BCUT2D eigenvalue weighted by Gasteiger charge is -2.26. The predicted octanol–water partition coefficient (Wildman–Crippen LogP) is 4.37. The molecule has 198 valence electrons. The zero-order valence-electron chi connectivity index (χ0n) is 21.6. The maximum absolute atomic E-state index is 13.9. The molecular formula is C30H26N2O5S2. The van der Waals surface area contributed by atoms with Gasteiger partial charge in [0, 0.05) is 10.5 Å². The third-order valence-corrected chi connectivity index (χ3v) is 8.03. The van der Waals surface area contributed by atoms with Gasteiger partial charge in [-0.25, -0.2) is 9.79 Å². The highest BCUT2D eigenvalue weighted by molar-refractivity contribution is 7.98. The number of carbonyl (C=O) groups is 1. The summed E-state index contributed by atoms with van der Waals surface area (Å²) < 4.78 is 12.7. The van der Waals surface area contributed by atoms with E-state index < -0.39 is 12.0 Å². The van der Waals surface area contributed by atoms with Crippen molar-refractivity contribution in [1.82, 2.24) is 4.57 Å². The summed E-state index contributed by atoms with van der Waals surface area (Å²) in [6, 6.07) is 21.4. The van der Waals surface area contributed by atoms with Crippen LogP contribution in [0.2, 0.25) is 0 Å². The Morgan fingerprint density at radius 2 is 1.87 bits per heavy atom. The molecule has 1 N–H and O–H groups in total. The minimum absolute atomic E-state index is 0.0105. The molecule has 0 amide bonds. The van der Waals surface area contributed by atoms with Crippen LogP contribution in [0.4, 0.5) is 0 Å². The minimum Gasteiger partial charge on any atom is -0.504 e. The lowest BCUT2D eigenvalue weighted by Crippen LogP contribution is -2.40. The van der Waals surface area contributed by atoms with Gasteiger partial charge in [-0.2, -0.15) is 0 Å². The summed E-state index contributed by atoms with van der Waals surface area (Å²) >= 11 is 2.85. The number of phenolic OH excluding ortho intramolecular Hbond substituents is 1. The van der Waals surface area contributed by atoms with Crippen molar-refractivity contribution >= 4 is 40.8 Å². The Bertz CT molecular complexity index is 1740. The number of rotatable bonds is 7. The van der Waals surface area contributed by atoms with Crippen molar-refractivity contribution in [2.75, 3.05) is 20.0 Å². The number of nitrogens with zero attached hydrogens (tertiary/aromatic N) is 2. The van der Waals surface area contributed by atoms with Crippen molar-refractivity contribution in [2.24, 2.45) is 4.99 Å². The molecule has 0 saturated heterocycles. The van der Waals surface area contributed by atoms with E-state index in [4.69, 9.17) is 14.5 Å². The second kappa shape index (κ2) is 11.3. The maximum atomic E-state index is 13.9. The minimum atomic E-state index is -0.733. The van der Waals surface area contributed by atoms with Crippen LogP contribution in [0, 0.1) is 0 Å². The van der Waals surface area contributed by atoms with E-state index in [0.717, 1.165) is 16.0 Å². The average Bonchev–Trinajstić information content (AvgIpc) is 3.28. The normalized spacial score (nSPS) is 15.1. The third-order valence-electron chi connectivity index (χ3n) is 6.31. The molecule has 39 heavy (non-hydrogen) atoms. The fraction of sp³-hybridized carbons (Fsp3) is 0.167. The Hall–Kier alpha value is -4.08. The third kappa shape index (κ3) is 5.15. The number of hydrogen-bond acceptors (Lipinski definition) is 8. The molecule has 0 bridgehead atoms. The number of methoxy groups -OCH3 is 1. The highest BCUT2D eigenvalue weighted by Crippen LogP contribution is 2.35. The van der Waals surface area contributed by atoms with Gasteiger partial charge >= 0.3 is 5.97 Å². The molecule has 0 radical (unpaired) electrons. The molecule has 1 atom stereocenters. The largest absolute Gasteiger partial charge is 0.504 e. The molecular weight excluding hydrogens is 532 g/mol. The number of thioether (sulfide) groups is 1. The van der Waals surface area contributed by atoms with Gasteiger partial charge in [0.15, 0.2) is 16.3 Å². The molecule has 2 heterocycles. The van der Waals surface area contributed by atoms with Gasteiger partial charge in [-0.05, 0) is 54.6 Å². The molecule has 0 saturated carbocycles. The quantitative estimate of drug-likeness (QED) is 0.268. The van der Waals surface area contributed by atoms with Gasteiger partial charge in [0.05, 0.1) is 35.6 Å². The van der Waals surface area contributed by atoms with Crippen LogP contribution < -0.4 is 19.6 Å². The fourth-order valence-electron chi connectivity index (χ4n) is 4.48. The first kappa shape index (κ1) is 26.5. The van der Waals surface area contributed by atoms with E-state index in [2.05, 4.69) is 0 Å². The van der Waals surface area contributed by atoms with Crippen molar-refractivity contribution in [3.8, 4) is 11.5 Å². The van der Waals surface area contributed by atoms with Crippen LogP contribution in [-0.4, -0.2) is 35.6 Å². The summed E-state index contributed by atoms with van der Waals surface area (Å²) in [5.41, 5.74) is 2.73. The number of fused-ring (bicyclic) bond motifs is 1. The van der Waals surface area contributed by atoms with E-state index >= 15 is 0 Å². The van der Waals surface area contributed by atoms with Crippen LogP contribution in [0.3, 0.4) is 0 Å². The zero-order chi connectivity index (χ0) is 27.5. The Balaban J connectivity index is 1.80. The molecule has 0 fully saturated rings. The highest BCUT2D eigenvalue weighted by Gasteiger charge is 2.35. The Labute approximate surface area is 233 Å². The number of esters is 1. The van der Waals surface area contributed by atoms with Gasteiger partial charge < -0.3 is 14.6 Å². The molecule has 4 aromatic rings. The highest BCUT2D eigenvalue weighted by atomic mass is 32.2. The number of ether oxygens (including phenoxy) is 2. The molecule has 0 spiro atoms. The lowest BCUT2D eigenvalue weighted by molar-refractivity contribution is -0.138. The van der Waals surface area contributed by atoms with Gasteiger partial charge in [0.25, 0.3) is 5.56 Å². The molecule has 5 rings (SSSR count). The number of hydrogen-bond donors (Lipinski definition) is 1. The number of aromatic hydroxyl groups is 1. The lowest BCUT2D eigenvalue weighted by atomic mass is 9.93. The first-order valence-corrected chi connectivity index (χ1v) is 14.3. The van der Waals surface area contributed by atoms with Crippen LogP contribution >= 0.6 is 23.1 Å². The predicted molar refractivity (Wildman–Crippen MR) is 154 cm³/mol. The second-order valence-corrected chi connectivity index (χ2v) is 10.5. The summed E-state index contributed by atoms with van der Waals surface area (Å²) in [7, 11) is 1.47. The summed E-state index contributed by atoms with van der Waals surface area (Å²) in [5.74, 6) is -0.202. The molecule has 7 nitrogen and oxygen atoms in total. The van der Waals surface area contributed by atoms with E-state index in [9.17, 15) is 14.7 Å². The van der Waals surface area contributed by atoms with E-state index in [1.807, 2.05) is 60.9 Å². The standard InChI is InChI=1S/C30H26N2O5S2/c1-4-37-29(35)25-26(19-8-6-5-7-9-19)31-30-32(27(25)20-11-13-21(38-3)14-12-20)28(34)24(39-30)17-18-10-15-22(33)23(16-18)36-2/h5-17,27,33H,4H2,1-3H3/b24-17-/t27-/m0/s1. The summed E-state index contributed by atoms with van der Waals surface area (Å²) in [5, 5.41) is 9.98. The van der Waals surface area contributed by atoms with Gasteiger partial charge in [0.1, 0.15) is 0 Å². The van der Waals surface area contributed by atoms with E-state index in [-0.39, 0.29) is 17.9 Å². The number of aromatic nitrogens is 1. The van der Waals surface area contributed by atoms with Gasteiger partial charge in [-0.3, -0.25) is 9.36 Å². The topological polar surface area (TPSA) is 90.1 Å². The summed E-state index contributed by atoms with van der Waals surface area (Å²) in [4.78, 5) is 33.8.